The lowest BCUT2D eigenvalue weighted by atomic mass is 10.2. The number of carbonyl (C=O) groups is 2. The molecule has 0 aromatic heterocycles. The highest BCUT2D eigenvalue weighted by Gasteiger charge is 2.50. The van der Waals surface area contributed by atoms with Gasteiger partial charge in [-0.3, -0.25) is 9.59 Å². The molecule has 27 heavy (non-hydrogen) atoms. The molecule has 2 fully saturated rings. The van der Waals surface area contributed by atoms with E-state index in [2.05, 4.69) is 5.32 Å². The van der Waals surface area contributed by atoms with E-state index >= 15 is 0 Å². The minimum atomic E-state index is -3.06. The van der Waals surface area contributed by atoms with E-state index < -0.39 is 21.7 Å². The lowest BCUT2D eigenvalue weighted by molar-refractivity contribution is -0.134. The molecule has 1 saturated heterocycles. The van der Waals surface area contributed by atoms with Crippen LogP contribution in [0.15, 0.2) is 18.2 Å². The van der Waals surface area contributed by atoms with Crippen molar-refractivity contribution in [3.8, 4) is 11.5 Å². The van der Waals surface area contributed by atoms with Gasteiger partial charge in [0.25, 0.3) is 0 Å². The van der Waals surface area contributed by atoms with Crippen LogP contribution in [-0.4, -0.2) is 63.9 Å². The van der Waals surface area contributed by atoms with E-state index in [0.29, 0.717) is 30.0 Å². The third kappa shape index (κ3) is 4.18. The second-order valence-corrected chi connectivity index (χ2v) is 9.24. The molecule has 0 spiro atoms. The van der Waals surface area contributed by atoms with Crippen molar-refractivity contribution in [1.82, 2.24) is 4.90 Å². The van der Waals surface area contributed by atoms with Gasteiger partial charge in [-0.1, -0.05) is 0 Å². The molecule has 1 saturated carbocycles. The molecule has 1 aliphatic carbocycles. The zero-order valence-corrected chi connectivity index (χ0v) is 16.4. The van der Waals surface area contributed by atoms with Crippen LogP contribution in [0.1, 0.15) is 12.8 Å². The average molecular weight is 396 g/mol. The Morgan fingerprint density at radius 1 is 1.19 bits per heavy atom. The van der Waals surface area contributed by atoms with Crippen molar-refractivity contribution >= 4 is 27.3 Å². The Morgan fingerprint density at radius 3 is 2.52 bits per heavy atom. The zero-order valence-electron chi connectivity index (χ0n) is 15.6. The average Bonchev–Trinajstić information content (AvgIpc) is 3.37. The molecule has 3 atom stereocenters. The van der Waals surface area contributed by atoms with Crippen LogP contribution in [0.3, 0.4) is 0 Å². The molecular weight excluding hydrogens is 372 g/mol. The van der Waals surface area contributed by atoms with Crippen molar-refractivity contribution in [2.24, 2.45) is 11.8 Å². The Balaban J connectivity index is 1.61. The van der Waals surface area contributed by atoms with Crippen molar-refractivity contribution < 1.29 is 27.5 Å². The van der Waals surface area contributed by atoms with Gasteiger partial charge in [-0.05, 0) is 25.0 Å². The summed E-state index contributed by atoms with van der Waals surface area (Å²) in [7, 11) is 1.59. The van der Waals surface area contributed by atoms with Gasteiger partial charge >= 0.3 is 0 Å². The van der Waals surface area contributed by atoms with E-state index in [1.807, 2.05) is 0 Å². The number of sulfone groups is 1. The summed E-state index contributed by atoms with van der Waals surface area (Å²) in [5.74, 6) is -0.0667. The highest BCUT2D eigenvalue weighted by atomic mass is 32.2. The lowest BCUT2D eigenvalue weighted by Crippen LogP contribution is -2.39. The predicted octanol–water partition coefficient (Wildman–Crippen LogP) is 0.924. The quantitative estimate of drug-likeness (QED) is 0.767. The molecular formula is C18H24N2O6S. The maximum atomic E-state index is 12.6. The van der Waals surface area contributed by atoms with Crippen LogP contribution in [0.5, 0.6) is 11.5 Å². The molecule has 1 aromatic carbocycles. The van der Waals surface area contributed by atoms with Crippen LogP contribution in [0.25, 0.3) is 0 Å². The summed E-state index contributed by atoms with van der Waals surface area (Å²) in [4.78, 5) is 26.6. The second kappa shape index (κ2) is 7.38. The zero-order chi connectivity index (χ0) is 19.8. The van der Waals surface area contributed by atoms with Gasteiger partial charge in [0.1, 0.15) is 11.5 Å². The third-order valence-electron chi connectivity index (χ3n) is 5.21. The Labute approximate surface area is 158 Å². The van der Waals surface area contributed by atoms with E-state index in [1.165, 1.54) is 19.1 Å². The van der Waals surface area contributed by atoms with Gasteiger partial charge in [0.15, 0.2) is 9.84 Å². The first kappa shape index (κ1) is 19.5. The molecule has 3 rings (SSSR count). The fraction of sp³-hybridized carbons (Fsp3) is 0.556. The van der Waals surface area contributed by atoms with Crippen LogP contribution in [0.4, 0.5) is 5.69 Å². The molecule has 148 valence electrons. The van der Waals surface area contributed by atoms with E-state index in [4.69, 9.17) is 9.47 Å². The van der Waals surface area contributed by atoms with E-state index in [1.54, 1.807) is 25.2 Å². The van der Waals surface area contributed by atoms with Crippen molar-refractivity contribution in [3.05, 3.63) is 18.2 Å². The van der Waals surface area contributed by atoms with Crippen LogP contribution >= 0.6 is 0 Å². The number of hydrogen-bond donors (Lipinski definition) is 1. The highest BCUT2D eigenvalue weighted by molar-refractivity contribution is 7.91. The fourth-order valence-corrected chi connectivity index (χ4v) is 5.19. The third-order valence-corrected chi connectivity index (χ3v) is 6.96. The maximum absolute atomic E-state index is 12.6. The van der Waals surface area contributed by atoms with Crippen molar-refractivity contribution in [2.45, 2.75) is 18.9 Å². The second-order valence-electron chi connectivity index (χ2n) is 7.01. The first-order chi connectivity index (χ1) is 12.8. The molecule has 8 nitrogen and oxygen atoms in total. The Hall–Kier alpha value is -2.29. The lowest BCUT2D eigenvalue weighted by Gasteiger charge is -2.23. The highest BCUT2D eigenvalue weighted by Crippen LogP contribution is 2.42. The topological polar surface area (TPSA) is 102 Å². The minimum Gasteiger partial charge on any atom is -0.497 e. The standard InChI is InChI=1S/C18H24N2O6S/c1-20(11-6-7-27(23,24)10-11)18(22)14-9-13(14)17(21)19-15-8-12(25-2)4-5-16(15)26-3/h4-5,8,11,13-14H,6-7,9-10H2,1-3H3,(H,19,21). The summed E-state index contributed by atoms with van der Waals surface area (Å²) in [6.45, 7) is 0. The normalized spacial score (nSPS) is 25.5. The monoisotopic (exact) mass is 396 g/mol. The van der Waals surface area contributed by atoms with Gasteiger partial charge in [-0.2, -0.15) is 0 Å². The Bertz CT molecular complexity index is 853. The molecule has 1 aliphatic heterocycles. The van der Waals surface area contributed by atoms with Crippen molar-refractivity contribution in [1.29, 1.82) is 0 Å². The molecule has 1 aromatic rings. The first-order valence-electron chi connectivity index (χ1n) is 8.75. The molecule has 0 radical (unpaired) electrons. The fourth-order valence-electron chi connectivity index (χ4n) is 3.42. The summed E-state index contributed by atoms with van der Waals surface area (Å²) in [6.07, 6.45) is 0.913. The Kier molecular flexibility index (Phi) is 5.32. The first-order valence-corrected chi connectivity index (χ1v) is 10.6. The van der Waals surface area contributed by atoms with E-state index in [-0.39, 0.29) is 29.4 Å². The van der Waals surface area contributed by atoms with Crippen LogP contribution in [0, 0.1) is 11.8 Å². The number of amides is 2. The number of ether oxygens (including phenoxy) is 2. The molecule has 9 heteroatoms. The largest absolute Gasteiger partial charge is 0.497 e. The van der Waals surface area contributed by atoms with Gasteiger partial charge in [0.2, 0.25) is 11.8 Å². The summed E-state index contributed by atoms with van der Waals surface area (Å²) >= 11 is 0. The van der Waals surface area contributed by atoms with Gasteiger partial charge < -0.3 is 19.7 Å². The van der Waals surface area contributed by atoms with E-state index in [0.717, 1.165) is 0 Å². The Morgan fingerprint density at radius 2 is 1.93 bits per heavy atom. The number of methoxy groups -OCH3 is 2. The molecule has 2 aliphatic rings. The number of carbonyl (C=O) groups excluding carboxylic acids is 2. The molecule has 0 bridgehead atoms. The predicted molar refractivity (Wildman–Crippen MR) is 99.6 cm³/mol. The number of rotatable bonds is 6. The molecule has 1 N–H and O–H groups in total. The number of nitrogens with zero attached hydrogens (tertiary/aromatic N) is 1. The SMILES string of the molecule is COc1ccc(OC)c(NC(=O)C2CC2C(=O)N(C)C2CCS(=O)(=O)C2)c1. The summed E-state index contributed by atoms with van der Waals surface area (Å²) in [6, 6.07) is 4.78. The molecule has 3 unspecified atom stereocenters. The van der Waals surface area contributed by atoms with Crippen LogP contribution in [-0.2, 0) is 19.4 Å². The molecule has 2 amide bonds. The minimum absolute atomic E-state index is 0.000167. The number of hydrogen-bond acceptors (Lipinski definition) is 6. The number of anilines is 1. The van der Waals surface area contributed by atoms with Crippen molar-refractivity contribution in [3.63, 3.8) is 0 Å². The van der Waals surface area contributed by atoms with Gasteiger partial charge in [0, 0.05) is 19.2 Å². The van der Waals surface area contributed by atoms with Gasteiger partial charge in [-0.15, -0.1) is 0 Å². The van der Waals surface area contributed by atoms with Crippen molar-refractivity contribution in [2.75, 3.05) is 38.1 Å². The maximum Gasteiger partial charge on any atom is 0.228 e. The molecule has 1 heterocycles. The van der Waals surface area contributed by atoms with Gasteiger partial charge in [-0.25, -0.2) is 8.42 Å². The van der Waals surface area contributed by atoms with Crippen LogP contribution in [0.2, 0.25) is 0 Å². The van der Waals surface area contributed by atoms with Crippen LogP contribution < -0.4 is 14.8 Å². The van der Waals surface area contributed by atoms with E-state index in [9.17, 15) is 18.0 Å². The summed E-state index contributed by atoms with van der Waals surface area (Å²) in [5, 5.41) is 2.79. The number of nitrogens with one attached hydrogen (secondary N) is 1. The smallest absolute Gasteiger partial charge is 0.228 e. The summed E-state index contributed by atoms with van der Waals surface area (Å²) < 4.78 is 33.6. The van der Waals surface area contributed by atoms with Gasteiger partial charge in [0.05, 0.1) is 43.2 Å². The number of benzene rings is 1. The summed E-state index contributed by atoms with van der Waals surface area (Å²) in [5.41, 5.74) is 0.482.